The predicted octanol–water partition coefficient (Wildman–Crippen LogP) is 3.78. The van der Waals surface area contributed by atoms with Crippen LogP contribution in [-0.4, -0.2) is 39.3 Å². The Balaban J connectivity index is 1.71. The Morgan fingerprint density at radius 1 is 1.15 bits per heavy atom. The highest BCUT2D eigenvalue weighted by Crippen LogP contribution is 2.34. The zero-order valence-electron chi connectivity index (χ0n) is 14.3. The number of carbonyl (C=O) groups excluding carboxylic acids is 1. The SMILES string of the molecule is CN(CC(F)(F)F)c1ccc(Nc2ccc3c(c2)OCC(=O)N3C)cc1. The predicted molar refractivity (Wildman–Crippen MR) is 94.4 cm³/mol. The molecular weight excluding hydrogens is 347 g/mol. The average molecular weight is 365 g/mol. The number of amides is 1. The van der Waals surface area contributed by atoms with Crippen LogP contribution in [0.2, 0.25) is 0 Å². The molecule has 0 unspecified atom stereocenters. The first-order valence-corrected chi connectivity index (χ1v) is 7.91. The van der Waals surface area contributed by atoms with Crippen LogP contribution in [-0.2, 0) is 4.79 Å². The molecule has 5 nitrogen and oxygen atoms in total. The first kappa shape index (κ1) is 17.9. The van der Waals surface area contributed by atoms with Crippen molar-refractivity contribution in [1.82, 2.24) is 0 Å². The van der Waals surface area contributed by atoms with Crippen LogP contribution in [0.25, 0.3) is 0 Å². The number of benzene rings is 2. The van der Waals surface area contributed by atoms with Crippen molar-refractivity contribution in [2.24, 2.45) is 0 Å². The fourth-order valence-electron chi connectivity index (χ4n) is 2.68. The lowest BCUT2D eigenvalue weighted by molar-refractivity contribution is -0.121. The number of nitrogens with one attached hydrogen (secondary N) is 1. The van der Waals surface area contributed by atoms with Crippen molar-refractivity contribution in [1.29, 1.82) is 0 Å². The number of carbonyl (C=O) groups is 1. The first-order valence-electron chi connectivity index (χ1n) is 7.91. The molecule has 0 bridgehead atoms. The average Bonchev–Trinajstić information content (AvgIpc) is 2.57. The van der Waals surface area contributed by atoms with Gasteiger partial charge in [-0.1, -0.05) is 0 Å². The number of likely N-dealkylation sites (N-methyl/N-ethyl adjacent to an activating group) is 1. The fourth-order valence-corrected chi connectivity index (χ4v) is 2.68. The minimum absolute atomic E-state index is 0.00676. The van der Waals surface area contributed by atoms with Gasteiger partial charge in [0.1, 0.15) is 12.3 Å². The highest BCUT2D eigenvalue weighted by molar-refractivity contribution is 5.97. The Bertz CT molecular complexity index is 806. The summed E-state index contributed by atoms with van der Waals surface area (Å²) in [5.74, 6) is 0.482. The zero-order valence-corrected chi connectivity index (χ0v) is 14.3. The molecule has 3 rings (SSSR count). The fraction of sp³-hybridized carbons (Fsp3) is 0.278. The lowest BCUT2D eigenvalue weighted by atomic mass is 10.2. The Morgan fingerprint density at radius 2 is 1.81 bits per heavy atom. The lowest BCUT2D eigenvalue weighted by Gasteiger charge is -2.26. The molecule has 26 heavy (non-hydrogen) atoms. The number of nitrogens with zero attached hydrogens (tertiary/aromatic N) is 2. The van der Waals surface area contributed by atoms with E-state index in [-0.39, 0.29) is 12.5 Å². The van der Waals surface area contributed by atoms with Gasteiger partial charge in [-0.15, -0.1) is 0 Å². The molecule has 2 aromatic rings. The summed E-state index contributed by atoms with van der Waals surface area (Å²) >= 11 is 0. The van der Waals surface area contributed by atoms with Gasteiger partial charge in [-0.05, 0) is 36.4 Å². The van der Waals surface area contributed by atoms with E-state index in [1.54, 1.807) is 49.5 Å². The van der Waals surface area contributed by atoms with E-state index < -0.39 is 12.7 Å². The van der Waals surface area contributed by atoms with Crippen LogP contribution >= 0.6 is 0 Å². The second kappa shape index (κ2) is 6.78. The highest BCUT2D eigenvalue weighted by Gasteiger charge is 2.29. The molecule has 0 fully saturated rings. The van der Waals surface area contributed by atoms with Gasteiger partial charge in [-0.25, -0.2) is 0 Å². The van der Waals surface area contributed by atoms with Gasteiger partial charge < -0.3 is 19.9 Å². The summed E-state index contributed by atoms with van der Waals surface area (Å²) < 4.78 is 42.8. The first-order chi connectivity index (χ1) is 12.2. The molecule has 0 saturated heterocycles. The Hall–Kier alpha value is -2.90. The van der Waals surface area contributed by atoms with E-state index in [1.165, 1.54) is 11.9 Å². The van der Waals surface area contributed by atoms with Crippen LogP contribution in [0.4, 0.5) is 35.9 Å². The summed E-state index contributed by atoms with van der Waals surface area (Å²) in [7, 11) is 3.08. The number of halogens is 3. The van der Waals surface area contributed by atoms with Crippen molar-refractivity contribution in [3.63, 3.8) is 0 Å². The molecule has 0 saturated carbocycles. The molecule has 138 valence electrons. The molecule has 0 atom stereocenters. The third kappa shape index (κ3) is 4.01. The van der Waals surface area contributed by atoms with Crippen LogP contribution in [0.5, 0.6) is 5.75 Å². The van der Waals surface area contributed by atoms with E-state index >= 15 is 0 Å². The van der Waals surface area contributed by atoms with E-state index in [9.17, 15) is 18.0 Å². The standard InChI is InChI=1S/C18H18F3N3O2/c1-23(11-18(19,20)21)14-6-3-12(4-7-14)22-13-5-8-15-16(9-13)26-10-17(25)24(15)2/h3-9,22H,10-11H2,1-2H3. The number of anilines is 4. The summed E-state index contributed by atoms with van der Waals surface area (Å²) in [5.41, 5.74) is 2.65. The maximum absolute atomic E-state index is 12.5. The number of alkyl halides is 3. The van der Waals surface area contributed by atoms with E-state index in [0.29, 0.717) is 17.1 Å². The second-order valence-corrected chi connectivity index (χ2v) is 6.07. The molecule has 0 aromatic heterocycles. The van der Waals surface area contributed by atoms with Crippen molar-refractivity contribution < 1.29 is 22.7 Å². The van der Waals surface area contributed by atoms with Crippen molar-refractivity contribution in [3.8, 4) is 5.75 Å². The minimum Gasteiger partial charge on any atom is -0.481 e. The van der Waals surface area contributed by atoms with Gasteiger partial charge in [-0.2, -0.15) is 13.2 Å². The van der Waals surface area contributed by atoms with E-state index in [0.717, 1.165) is 16.3 Å². The third-order valence-corrected chi connectivity index (χ3v) is 4.06. The van der Waals surface area contributed by atoms with Gasteiger partial charge in [0, 0.05) is 37.2 Å². The second-order valence-electron chi connectivity index (χ2n) is 6.07. The van der Waals surface area contributed by atoms with Crippen LogP contribution < -0.4 is 19.9 Å². The third-order valence-electron chi connectivity index (χ3n) is 4.06. The summed E-state index contributed by atoms with van der Waals surface area (Å²) in [6.07, 6.45) is -4.25. The molecule has 1 amide bonds. The van der Waals surface area contributed by atoms with Crippen LogP contribution in [0.3, 0.4) is 0 Å². The van der Waals surface area contributed by atoms with E-state index in [4.69, 9.17) is 4.74 Å². The highest BCUT2D eigenvalue weighted by atomic mass is 19.4. The zero-order chi connectivity index (χ0) is 18.9. The van der Waals surface area contributed by atoms with Gasteiger partial charge >= 0.3 is 6.18 Å². The lowest BCUT2D eigenvalue weighted by Crippen LogP contribution is -2.35. The molecule has 0 aliphatic carbocycles. The molecule has 0 radical (unpaired) electrons. The summed E-state index contributed by atoms with van der Waals surface area (Å²) in [5, 5.41) is 3.17. The topological polar surface area (TPSA) is 44.8 Å². The van der Waals surface area contributed by atoms with Crippen molar-refractivity contribution in [2.75, 3.05) is 42.4 Å². The summed E-state index contributed by atoms with van der Waals surface area (Å²) in [6.45, 7) is -1.01. The smallest absolute Gasteiger partial charge is 0.405 e. The Labute approximate surface area is 149 Å². The number of hydrogen-bond acceptors (Lipinski definition) is 4. The molecule has 2 aromatic carbocycles. The summed E-state index contributed by atoms with van der Waals surface area (Å²) in [6, 6.07) is 12.0. The maximum atomic E-state index is 12.5. The van der Waals surface area contributed by atoms with Crippen molar-refractivity contribution >= 4 is 28.7 Å². The summed E-state index contributed by atoms with van der Waals surface area (Å²) in [4.78, 5) is 14.3. The monoisotopic (exact) mass is 365 g/mol. The van der Waals surface area contributed by atoms with E-state index in [1.807, 2.05) is 0 Å². The van der Waals surface area contributed by atoms with Crippen LogP contribution in [0.15, 0.2) is 42.5 Å². The van der Waals surface area contributed by atoms with Crippen molar-refractivity contribution in [3.05, 3.63) is 42.5 Å². The van der Waals surface area contributed by atoms with Crippen molar-refractivity contribution in [2.45, 2.75) is 6.18 Å². The van der Waals surface area contributed by atoms with E-state index in [2.05, 4.69) is 5.32 Å². The van der Waals surface area contributed by atoms with Crippen LogP contribution in [0.1, 0.15) is 0 Å². The number of ether oxygens (including phenoxy) is 1. The Kier molecular flexibility index (Phi) is 4.67. The quantitative estimate of drug-likeness (QED) is 0.896. The van der Waals surface area contributed by atoms with Crippen LogP contribution in [0, 0.1) is 0 Å². The minimum atomic E-state index is -4.25. The van der Waals surface area contributed by atoms with Gasteiger partial charge in [-0.3, -0.25) is 4.79 Å². The van der Waals surface area contributed by atoms with Gasteiger partial charge in [0.05, 0.1) is 5.69 Å². The molecule has 0 spiro atoms. The molecule has 1 N–H and O–H groups in total. The van der Waals surface area contributed by atoms with Gasteiger partial charge in [0.2, 0.25) is 0 Å². The normalized spacial score (nSPS) is 13.9. The number of rotatable bonds is 4. The Morgan fingerprint density at radius 3 is 2.46 bits per heavy atom. The molecule has 1 aliphatic heterocycles. The molecule has 8 heteroatoms. The maximum Gasteiger partial charge on any atom is 0.405 e. The largest absolute Gasteiger partial charge is 0.481 e. The number of fused-ring (bicyclic) bond motifs is 1. The molecule has 1 aliphatic rings. The number of hydrogen-bond donors (Lipinski definition) is 1. The molecular formula is C18H18F3N3O2. The molecule has 1 heterocycles. The van der Waals surface area contributed by atoms with Gasteiger partial charge in [0.25, 0.3) is 5.91 Å². The van der Waals surface area contributed by atoms with Gasteiger partial charge in [0.15, 0.2) is 6.61 Å².